The number of halogens is 1. The van der Waals surface area contributed by atoms with Crippen molar-refractivity contribution in [2.75, 3.05) is 13.6 Å². The average Bonchev–Trinajstić information content (AvgIpc) is 3.23. The molecule has 1 saturated heterocycles. The first-order valence-electron chi connectivity index (χ1n) is 11.6. The lowest BCUT2D eigenvalue weighted by Crippen LogP contribution is -2.46. The molecule has 3 rings (SSSR count). The molecule has 2 aromatic rings. The fraction of sp³-hybridized carbons (Fsp3) is 0.321. The zero-order valence-corrected chi connectivity index (χ0v) is 21.0. The highest BCUT2D eigenvalue weighted by molar-refractivity contribution is 6.31. The van der Waals surface area contributed by atoms with Gasteiger partial charge < -0.3 is 20.0 Å². The third-order valence-electron chi connectivity index (χ3n) is 5.93. The van der Waals surface area contributed by atoms with Crippen molar-refractivity contribution in [1.29, 1.82) is 0 Å². The number of nitrogens with one attached hydrogen (secondary N) is 2. The number of amides is 1. The molecule has 2 N–H and O–H groups in total. The predicted octanol–water partition coefficient (Wildman–Crippen LogP) is 6.34. The van der Waals surface area contributed by atoms with E-state index in [0.29, 0.717) is 17.3 Å². The van der Waals surface area contributed by atoms with E-state index in [4.69, 9.17) is 16.0 Å². The van der Waals surface area contributed by atoms with Crippen LogP contribution in [0, 0.1) is 0 Å². The number of hydrogen-bond acceptors (Lipinski definition) is 4. The molecule has 34 heavy (non-hydrogen) atoms. The van der Waals surface area contributed by atoms with Crippen molar-refractivity contribution in [3.63, 3.8) is 0 Å². The zero-order chi connectivity index (χ0) is 24.7. The molecular formula is C28H34ClN3O2. The van der Waals surface area contributed by atoms with Crippen molar-refractivity contribution in [1.82, 2.24) is 15.5 Å². The highest BCUT2D eigenvalue weighted by atomic mass is 35.5. The summed E-state index contributed by atoms with van der Waals surface area (Å²) in [4.78, 5) is 14.5. The molecule has 1 aromatic heterocycles. The summed E-state index contributed by atoms with van der Waals surface area (Å²) in [6.45, 7) is 13.3. The fourth-order valence-corrected chi connectivity index (χ4v) is 4.24. The molecule has 1 aliphatic rings. The second-order valence-electron chi connectivity index (χ2n) is 8.60. The minimum absolute atomic E-state index is 0.0277. The normalized spacial score (nSPS) is 17.2. The van der Waals surface area contributed by atoms with Gasteiger partial charge in [-0.05, 0) is 57.5 Å². The molecule has 0 spiro atoms. The van der Waals surface area contributed by atoms with Gasteiger partial charge in [-0.3, -0.25) is 4.79 Å². The Morgan fingerprint density at radius 3 is 2.82 bits per heavy atom. The molecule has 6 heteroatoms. The van der Waals surface area contributed by atoms with Gasteiger partial charge in [0.05, 0.1) is 6.04 Å². The Morgan fingerprint density at radius 1 is 1.35 bits per heavy atom. The Balaban J connectivity index is 1.76. The Labute approximate surface area is 207 Å². The largest absolute Gasteiger partial charge is 0.456 e. The van der Waals surface area contributed by atoms with Crippen LogP contribution in [-0.2, 0) is 11.3 Å². The van der Waals surface area contributed by atoms with Crippen LogP contribution in [0.3, 0.4) is 0 Å². The quantitative estimate of drug-likeness (QED) is 0.412. The topological polar surface area (TPSA) is 57.5 Å². The highest BCUT2D eigenvalue weighted by Gasteiger charge is 2.20. The maximum atomic E-state index is 12.5. The van der Waals surface area contributed by atoms with E-state index >= 15 is 0 Å². The number of hydrogen-bond donors (Lipinski definition) is 2. The first-order chi connectivity index (χ1) is 16.3. The van der Waals surface area contributed by atoms with Gasteiger partial charge in [0.25, 0.3) is 0 Å². The lowest BCUT2D eigenvalue weighted by atomic mass is 10.0. The molecule has 2 heterocycles. The number of benzene rings is 1. The smallest absolute Gasteiger partial charge is 0.241 e. The molecular weight excluding hydrogens is 446 g/mol. The molecule has 0 bridgehead atoms. The van der Waals surface area contributed by atoms with E-state index in [2.05, 4.69) is 28.7 Å². The van der Waals surface area contributed by atoms with Crippen LogP contribution < -0.4 is 10.6 Å². The summed E-state index contributed by atoms with van der Waals surface area (Å²) in [6.07, 6.45) is 12.6. The average molecular weight is 480 g/mol. The number of furan rings is 1. The van der Waals surface area contributed by atoms with Crippen LogP contribution in [0.1, 0.15) is 44.4 Å². The standard InChI is InChI=1S/C28H34ClN3O2/c1-6-8-11-21(7-2)26-17-22-15-24(29)16-23(27(22)34-26)18-32(5)20(4)14-19(3)31-28(33)25-12-9-10-13-30-25/h6-8,11,14-17,25,30H,2-3,9-10,12-13,18H2,1,4-5H3,(H,31,33)/b8-6-,20-14+,21-11-/t25-/m0/s1. The van der Waals surface area contributed by atoms with Crippen molar-refractivity contribution in [3.05, 3.63) is 89.5 Å². The van der Waals surface area contributed by atoms with Crippen molar-refractivity contribution in [3.8, 4) is 0 Å². The number of piperidine rings is 1. The highest BCUT2D eigenvalue weighted by Crippen LogP contribution is 2.31. The molecule has 1 amide bonds. The van der Waals surface area contributed by atoms with Crippen LogP contribution in [0.5, 0.6) is 0 Å². The Bertz CT molecular complexity index is 1150. The van der Waals surface area contributed by atoms with Crippen molar-refractivity contribution in [2.45, 2.75) is 45.7 Å². The van der Waals surface area contributed by atoms with Gasteiger partial charge in [0.1, 0.15) is 11.3 Å². The number of carbonyl (C=O) groups excluding carboxylic acids is 1. The van der Waals surface area contributed by atoms with Crippen LogP contribution >= 0.6 is 11.6 Å². The fourth-order valence-electron chi connectivity index (χ4n) is 4.00. The van der Waals surface area contributed by atoms with Crippen LogP contribution in [0.2, 0.25) is 5.02 Å². The van der Waals surface area contributed by atoms with Gasteiger partial charge in [0.15, 0.2) is 0 Å². The van der Waals surface area contributed by atoms with Gasteiger partial charge in [-0.2, -0.15) is 0 Å². The summed E-state index contributed by atoms with van der Waals surface area (Å²) in [7, 11) is 1.99. The zero-order valence-electron chi connectivity index (χ0n) is 20.3. The SMILES string of the molecule is C=C/C(=C/C=C\C)c1cc2cc(Cl)cc(CN(C)/C(C)=C/C(=C)NC(=O)[C@@H]3CCCCN3)c2o1. The van der Waals surface area contributed by atoms with E-state index in [1.54, 1.807) is 6.08 Å². The molecule has 1 aliphatic heterocycles. The predicted molar refractivity (Wildman–Crippen MR) is 142 cm³/mol. The molecule has 0 saturated carbocycles. The molecule has 0 unspecified atom stereocenters. The second-order valence-corrected chi connectivity index (χ2v) is 9.04. The summed E-state index contributed by atoms with van der Waals surface area (Å²) in [6, 6.07) is 5.67. The van der Waals surface area contributed by atoms with Gasteiger partial charge in [0, 0.05) is 46.5 Å². The maximum Gasteiger partial charge on any atom is 0.241 e. The summed E-state index contributed by atoms with van der Waals surface area (Å²) in [5.41, 5.74) is 4.20. The van der Waals surface area contributed by atoms with Crippen molar-refractivity contribution < 1.29 is 9.21 Å². The number of carbonyl (C=O) groups is 1. The molecule has 1 fully saturated rings. The molecule has 180 valence electrons. The van der Waals surface area contributed by atoms with E-state index in [-0.39, 0.29) is 11.9 Å². The van der Waals surface area contributed by atoms with E-state index < -0.39 is 0 Å². The Hall–Kier alpha value is -3.02. The van der Waals surface area contributed by atoms with Crippen LogP contribution in [0.15, 0.2) is 77.5 Å². The summed E-state index contributed by atoms with van der Waals surface area (Å²) in [5, 5.41) is 7.77. The first kappa shape index (κ1) is 25.6. The Morgan fingerprint density at radius 2 is 2.15 bits per heavy atom. The monoisotopic (exact) mass is 479 g/mol. The third kappa shape index (κ3) is 6.52. The van der Waals surface area contributed by atoms with E-state index in [1.165, 1.54) is 0 Å². The molecule has 1 atom stereocenters. The summed E-state index contributed by atoms with van der Waals surface area (Å²) >= 11 is 6.42. The van der Waals surface area contributed by atoms with Gasteiger partial charge in [-0.25, -0.2) is 0 Å². The molecule has 0 aliphatic carbocycles. The Kier molecular flexibility index (Phi) is 8.97. The molecule has 1 aromatic carbocycles. The first-order valence-corrected chi connectivity index (χ1v) is 12.0. The van der Waals surface area contributed by atoms with Crippen LogP contribution in [0.4, 0.5) is 0 Å². The lowest BCUT2D eigenvalue weighted by molar-refractivity contribution is -0.122. The summed E-state index contributed by atoms with van der Waals surface area (Å²) < 4.78 is 6.23. The molecule has 5 nitrogen and oxygen atoms in total. The minimum Gasteiger partial charge on any atom is -0.456 e. The number of fused-ring (bicyclic) bond motifs is 1. The van der Waals surface area contributed by atoms with Crippen molar-refractivity contribution >= 4 is 34.1 Å². The van der Waals surface area contributed by atoms with Gasteiger partial charge in [-0.15, -0.1) is 0 Å². The van der Waals surface area contributed by atoms with Crippen LogP contribution in [0.25, 0.3) is 16.5 Å². The number of rotatable bonds is 9. The summed E-state index contributed by atoms with van der Waals surface area (Å²) in [5.74, 6) is 0.717. The van der Waals surface area contributed by atoms with Gasteiger partial charge >= 0.3 is 0 Å². The minimum atomic E-state index is -0.146. The molecule has 0 radical (unpaired) electrons. The van der Waals surface area contributed by atoms with E-state index in [9.17, 15) is 4.79 Å². The van der Waals surface area contributed by atoms with Crippen LogP contribution in [-0.4, -0.2) is 30.4 Å². The van der Waals surface area contributed by atoms with Gasteiger partial charge in [-0.1, -0.05) is 55.5 Å². The lowest BCUT2D eigenvalue weighted by Gasteiger charge is -2.23. The second kappa shape index (κ2) is 11.9. The number of allylic oxidation sites excluding steroid dienone is 7. The van der Waals surface area contributed by atoms with Gasteiger partial charge in [0.2, 0.25) is 5.91 Å². The maximum absolute atomic E-state index is 12.5. The van der Waals surface area contributed by atoms with Crippen molar-refractivity contribution in [2.24, 2.45) is 0 Å². The third-order valence-corrected chi connectivity index (χ3v) is 6.15. The van der Waals surface area contributed by atoms with E-state index in [0.717, 1.165) is 59.4 Å². The number of nitrogens with zero attached hydrogens (tertiary/aromatic N) is 1. The van der Waals surface area contributed by atoms with E-state index in [1.807, 2.05) is 63.4 Å².